The van der Waals surface area contributed by atoms with Gasteiger partial charge in [-0.15, -0.1) is 0 Å². The van der Waals surface area contributed by atoms with Gasteiger partial charge in [0.05, 0.1) is 0 Å². The number of benzene rings is 1. The maximum absolute atomic E-state index is 13.3. The van der Waals surface area contributed by atoms with Crippen LogP contribution in [0.3, 0.4) is 0 Å². The molecule has 130 valence electrons. The Kier molecular flexibility index (Phi) is 4.43. The van der Waals surface area contributed by atoms with Crippen molar-refractivity contribution in [1.29, 1.82) is 0 Å². The van der Waals surface area contributed by atoms with Gasteiger partial charge in [-0.2, -0.15) is 0 Å². The fraction of sp³-hybridized carbons (Fsp3) is 0.529. The fourth-order valence-electron chi connectivity index (χ4n) is 3.14. The average molecular weight is 338 g/mol. The van der Waals surface area contributed by atoms with E-state index in [4.69, 9.17) is 4.74 Å². The Hall–Kier alpha value is -2.18. The van der Waals surface area contributed by atoms with Crippen molar-refractivity contribution in [2.75, 3.05) is 19.6 Å². The van der Waals surface area contributed by atoms with Crippen molar-refractivity contribution in [1.82, 2.24) is 10.2 Å². The molecule has 1 heterocycles. The van der Waals surface area contributed by atoms with E-state index in [9.17, 15) is 18.4 Å². The number of rotatable bonds is 4. The Morgan fingerprint density at radius 1 is 1.17 bits per heavy atom. The molecule has 1 spiro atoms. The molecule has 1 aliphatic heterocycles. The molecule has 0 bridgehead atoms. The summed E-state index contributed by atoms with van der Waals surface area (Å²) in [5.41, 5.74) is -0.0306. The second kappa shape index (κ2) is 6.37. The molecular weight excluding hydrogens is 318 g/mol. The Morgan fingerprint density at radius 2 is 1.79 bits per heavy atom. The van der Waals surface area contributed by atoms with Crippen molar-refractivity contribution in [2.45, 2.75) is 31.8 Å². The fourth-order valence-corrected chi connectivity index (χ4v) is 3.14. The molecule has 0 aromatic heterocycles. The number of hydrogen-bond acceptors (Lipinski definition) is 3. The summed E-state index contributed by atoms with van der Waals surface area (Å²) in [6.07, 6.45) is -0.0880. The molecule has 1 aliphatic carbocycles. The van der Waals surface area contributed by atoms with E-state index in [-0.39, 0.29) is 25.5 Å². The summed E-state index contributed by atoms with van der Waals surface area (Å²) in [6, 6.07) is 9.20. The number of nitrogens with zero attached hydrogens (tertiary/aromatic N) is 1. The molecule has 0 radical (unpaired) electrons. The Labute approximate surface area is 139 Å². The minimum atomic E-state index is -2.57. The van der Waals surface area contributed by atoms with Crippen LogP contribution < -0.4 is 5.32 Å². The predicted octanol–water partition coefficient (Wildman–Crippen LogP) is 2.56. The van der Waals surface area contributed by atoms with Crippen LogP contribution in [0.2, 0.25) is 0 Å². The zero-order valence-corrected chi connectivity index (χ0v) is 13.3. The molecule has 5 nitrogen and oxygen atoms in total. The Morgan fingerprint density at radius 3 is 2.38 bits per heavy atom. The maximum Gasteiger partial charge on any atom is 0.407 e. The number of alkyl carbamates (subject to hydrolysis) is 1. The van der Waals surface area contributed by atoms with Crippen molar-refractivity contribution in [3.8, 4) is 0 Å². The van der Waals surface area contributed by atoms with Crippen LogP contribution in [-0.4, -0.2) is 42.5 Å². The highest BCUT2D eigenvalue weighted by Gasteiger charge is 2.70. The average Bonchev–Trinajstić information content (AvgIpc) is 3.11. The number of carbonyl (C=O) groups excluding carboxylic acids is 2. The van der Waals surface area contributed by atoms with E-state index in [2.05, 4.69) is 5.32 Å². The maximum atomic E-state index is 13.3. The molecule has 2 aliphatic rings. The highest BCUT2D eigenvalue weighted by Crippen LogP contribution is 2.65. The molecule has 0 unspecified atom stereocenters. The third-order valence-electron chi connectivity index (χ3n) is 4.88. The number of likely N-dealkylation sites (tertiary alicyclic amines) is 1. The predicted molar refractivity (Wildman–Crippen MR) is 82.4 cm³/mol. The highest BCUT2D eigenvalue weighted by molar-refractivity contribution is 5.82. The topological polar surface area (TPSA) is 58.6 Å². The molecule has 3 rings (SSSR count). The first kappa shape index (κ1) is 16.7. The molecule has 7 heteroatoms. The Balaban J connectivity index is 1.36. The summed E-state index contributed by atoms with van der Waals surface area (Å²) >= 11 is 0. The first-order valence-corrected chi connectivity index (χ1v) is 8.02. The van der Waals surface area contributed by atoms with Crippen LogP contribution in [0.4, 0.5) is 13.6 Å². The summed E-state index contributed by atoms with van der Waals surface area (Å²) in [7, 11) is 0. The Bertz CT molecular complexity index is 614. The van der Waals surface area contributed by atoms with Crippen molar-refractivity contribution < 1.29 is 23.1 Å². The van der Waals surface area contributed by atoms with E-state index < -0.39 is 17.4 Å². The van der Waals surface area contributed by atoms with Crippen LogP contribution in [-0.2, 0) is 16.1 Å². The van der Waals surface area contributed by atoms with Gasteiger partial charge in [0.15, 0.2) is 0 Å². The standard InChI is InChI=1S/C17H20F2N2O3/c18-17(19)12-16(17)6-8-21(9-7-16)14(22)10-20-15(23)24-11-13-4-2-1-3-5-13/h1-5H,6-12H2,(H,20,23). The van der Waals surface area contributed by atoms with Gasteiger partial charge >= 0.3 is 6.09 Å². The summed E-state index contributed by atoms with van der Waals surface area (Å²) in [6.45, 7) is 0.573. The second-order valence-electron chi connectivity index (χ2n) is 6.46. The lowest BCUT2D eigenvalue weighted by Gasteiger charge is -2.32. The summed E-state index contributed by atoms with van der Waals surface area (Å²) in [4.78, 5) is 25.2. The van der Waals surface area contributed by atoms with Gasteiger partial charge in [-0.3, -0.25) is 4.79 Å². The minimum Gasteiger partial charge on any atom is -0.445 e. The van der Waals surface area contributed by atoms with E-state index in [0.717, 1.165) is 5.56 Å². The van der Waals surface area contributed by atoms with Gasteiger partial charge < -0.3 is 15.0 Å². The molecular formula is C17H20F2N2O3. The third kappa shape index (κ3) is 3.49. The minimum absolute atomic E-state index is 0.0634. The normalized spacial score (nSPS) is 20.5. The molecule has 1 aromatic rings. The van der Waals surface area contributed by atoms with E-state index in [1.54, 1.807) is 0 Å². The van der Waals surface area contributed by atoms with Crippen molar-refractivity contribution in [3.63, 3.8) is 0 Å². The van der Waals surface area contributed by atoms with E-state index in [0.29, 0.717) is 25.9 Å². The molecule has 1 aromatic carbocycles. The van der Waals surface area contributed by atoms with E-state index >= 15 is 0 Å². The lowest BCUT2D eigenvalue weighted by atomic mass is 9.93. The van der Waals surface area contributed by atoms with Gasteiger partial charge in [0.1, 0.15) is 13.2 Å². The zero-order valence-electron chi connectivity index (χ0n) is 13.3. The molecule has 0 atom stereocenters. The molecule has 2 amide bonds. The van der Waals surface area contributed by atoms with Crippen molar-refractivity contribution in [2.24, 2.45) is 5.41 Å². The van der Waals surface area contributed by atoms with Crippen LogP contribution in [0.25, 0.3) is 0 Å². The van der Waals surface area contributed by atoms with Crippen LogP contribution >= 0.6 is 0 Å². The van der Waals surface area contributed by atoms with Gasteiger partial charge in [0, 0.05) is 24.9 Å². The largest absolute Gasteiger partial charge is 0.445 e. The van der Waals surface area contributed by atoms with Crippen LogP contribution in [0.15, 0.2) is 30.3 Å². The first-order valence-electron chi connectivity index (χ1n) is 8.02. The number of ether oxygens (including phenoxy) is 1. The number of nitrogens with one attached hydrogen (secondary N) is 1. The van der Waals surface area contributed by atoms with Gasteiger partial charge in [-0.25, -0.2) is 13.6 Å². The van der Waals surface area contributed by atoms with Crippen LogP contribution in [0.1, 0.15) is 24.8 Å². The van der Waals surface area contributed by atoms with E-state index in [1.165, 1.54) is 4.90 Å². The quantitative estimate of drug-likeness (QED) is 0.918. The third-order valence-corrected chi connectivity index (χ3v) is 4.88. The molecule has 1 saturated heterocycles. The molecule has 24 heavy (non-hydrogen) atoms. The number of piperidine rings is 1. The number of carbonyl (C=O) groups is 2. The summed E-state index contributed by atoms with van der Waals surface area (Å²) in [5.74, 6) is -2.84. The number of amides is 2. The van der Waals surface area contributed by atoms with Crippen molar-refractivity contribution in [3.05, 3.63) is 35.9 Å². The summed E-state index contributed by atoms with van der Waals surface area (Å²) in [5, 5.41) is 2.40. The van der Waals surface area contributed by atoms with E-state index in [1.807, 2.05) is 30.3 Å². The smallest absolute Gasteiger partial charge is 0.407 e. The number of alkyl halides is 2. The second-order valence-corrected chi connectivity index (χ2v) is 6.46. The van der Waals surface area contributed by atoms with Gasteiger partial charge in [0.2, 0.25) is 5.91 Å². The van der Waals surface area contributed by atoms with Crippen LogP contribution in [0, 0.1) is 5.41 Å². The zero-order chi connectivity index (χ0) is 17.2. The first-order chi connectivity index (χ1) is 11.4. The molecule has 1 saturated carbocycles. The lowest BCUT2D eigenvalue weighted by Crippen LogP contribution is -2.45. The summed E-state index contributed by atoms with van der Waals surface area (Å²) < 4.78 is 31.6. The van der Waals surface area contributed by atoms with Crippen molar-refractivity contribution >= 4 is 12.0 Å². The van der Waals surface area contributed by atoms with Gasteiger partial charge in [-0.1, -0.05) is 30.3 Å². The van der Waals surface area contributed by atoms with Gasteiger partial charge in [-0.05, 0) is 18.4 Å². The highest BCUT2D eigenvalue weighted by atomic mass is 19.3. The number of halogens is 2. The monoisotopic (exact) mass is 338 g/mol. The number of hydrogen-bond donors (Lipinski definition) is 1. The van der Waals surface area contributed by atoms with Crippen LogP contribution in [0.5, 0.6) is 0 Å². The SMILES string of the molecule is O=C(NCC(=O)N1CCC2(CC1)CC2(F)F)OCc1ccccc1. The molecule has 1 N–H and O–H groups in total. The lowest BCUT2D eigenvalue weighted by molar-refractivity contribution is -0.132. The van der Waals surface area contributed by atoms with Gasteiger partial charge in [0.25, 0.3) is 5.92 Å². The molecule has 2 fully saturated rings.